The lowest BCUT2D eigenvalue weighted by Crippen LogP contribution is -2.49. The normalized spacial score (nSPS) is 22.5. The highest BCUT2D eigenvalue weighted by Gasteiger charge is 2.35. The number of carbonyl (C=O) groups is 2. The van der Waals surface area contributed by atoms with Crippen LogP contribution in [0.3, 0.4) is 0 Å². The fourth-order valence-electron chi connectivity index (χ4n) is 4.56. The standard InChI is InChI=1S/C23H25NO2/c25-22(18-8-2-1-3-9-18)19-12-14-20(15-13-19)23(26)24-16-6-10-17-7-4-5-11-21(17)24/h1-3,8-9,12-15,17,21H,4-7,10-11,16H2/t17-,21-/m0/s1. The van der Waals surface area contributed by atoms with Gasteiger partial charge in [-0.2, -0.15) is 0 Å². The third-order valence-electron chi connectivity index (χ3n) is 5.93. The molecular weight excluding hydrogens is 322 g/mol. The van der Waals surface area contributed by atoms with Crippen molar-refractivity contribution in [2.45, 2.75) is 44.6 Å². The van der Waals surface area contributed by atoms with E-state index in [9.17, 15) is 9.59 Å². The van der Waals surface area contributed by atoms with Crippen LogP contribution in [0.1, 0.15) is 64.8 Å². The predicted octanol–water partition coefficient (Wildman–Crippen LogP) is 4.71. The molecule has 3 heteroatoms. The molecule has 1 aliphatic heterocycles. The first-order valence-electron chi connectivity index (χ1n) is 9.75. The van der Waals surface area contributed by atoms with Crippen molar-refractivity contribution >= 4 is 11.7 Å². The summed E-state index contributed by atoms with van der Waals surface area (Å²) < 4.78 is 0. The lowest BCUT2D eigenvalue weighted by atomic mass is 9.78. The van der Waals surface area contributed by atoms with E-state index in [1.54, 1.807) is 12.1 Å². The van der Waals surface area contributed by atoms with Gasteiger partial charge in [-0.25, -0.2) is 0 Å². The number of fused-ring (bicyclic) bond motifs is 1. The molecule has 2 aliphatic rings. The van der Waals surface area contributed by atoms with E-state index in [1.807, 2.05) is 42.5 Å². The summed E-state index contributed by atoms with van der Waals surface area (Å²) >= 11 is 0. The molecule has 1 saturated carbocycles. The smallest absolute Gasteiger partial charge is 0.254 e. The monoisotopic (exact) mass is 347 g/mol. The van der Waals surface area contributed by atoms with Gasteiger partial charge in [-0.05, 0) is 43.7 Å². The van der Waals surface area contributed by atoms with Gasteiger partial charge in [0.25, 0.3) is 5.91 Å². The summed E-state index contributed by atoms with van der Waals surface area (Å²) in [5, 5.41) is 0. The predicted molar refractivity (Wildman–Crippen MR) is 102 cm³/mol. The van der Waals surface area contributed by atoms with Crippen molar-refractivity contribution in [3.8, 4) is 0 Å². The van der Waals surface area contributed by atoms with Gasteiger partial charge in [0.1, 0.15) is 0 Å². The maximum Gasteiger partial charge on any atom is 0.254 e. The van der Waals surface area contributed by atoms with Gasteiger partial charge < -0.3 is 4.90 Å². The largest absolute Gasteiger partial charge is 0.335 e. The highest BCUT2D eigenvalue weighted by atomic mass is 16.2. The molecule has 1 saturated heterocycles. The molecule has 0 N–H and O–H groups in total. The topological polar surface area (TPSA) is 37.4 Å². The first-order chi connectivity index (χ1) is 12.7. The lowest BCUT2D eigenvalue weighted by molar-refractivity contribution is 0.0390. The second-order valence-corrected chi connectivity index (χ2v) is 7.53. The van der Waals surface area contributed by atoms with E-state index in [2.05, 4.69) is 4.90 Å². The van der Waals surface area contributed by atoms with Crippen LogP contribution in [0.25, 0.3) is 0 Å². The molecule has 0 spiro atoms. The van der Waals surface area contributed by atoms with Gasteiger partial charge in [-0.15, -0.1) is 0 Å². The zero-order valence-corrected chi connectivity index (χ0v) is 15.1. The minimum absolute atomic E-state index is 0.00471. The number of rotatable bonds is 3. The molecule has 4 rings (SSSR count). The number of hydrogen-bond donors (Lipinski definition) is 0. The molecular formula is C23H25NO2. The van der Waals surface area contributed by atoms with E-state index < -0.39 is 0 Å². The van der Waals surface area contributed by atoms with Gasteiger partial charge in [0.05, 0.1) is 0 Å². The summed E-state index contributed by atoms with van der Waals surface area (Å²) in [5.74, 6) is 0.801. The molecule has 3 nitrogen and oxygen atoms in total. The Morgan fingerprint density at radius 2 is 1.35 bits per heavy atom. The fraction of sp³-hybridized carbons (Fsp3) is 0.391. The minimum atomic E-state index is -0.00471. The van der Waals surface area contributed by atoms with Crippen LogP contribution in [0.2, 0.25) is 0 Å². The number of hydrogen-bond acceptors (Lipinski definition) is 2. The van der Waals surface area contributed by atoms with Crippen LogP contribution in [-0.2, 0) is 0 Å². The van der Waals surface area contributed by atoms with Crippen molar-refractivity contribution < 1.29 is 9.59 Å². The first-order valence-corrected chi connectivity index (χ1v) is 9.75. The van der Waals surface area contributed by atoms with E-state index in [0.717, 1.165) is 19.4 Å². The van der Waals surface area contributed by atoms with Crippen LogP contribution in [0, 0.1) is 5.92 Å². The van der Waals surface area contributed by atoms with E-state index in [0.29, 0.717) is 28.7 Å². The van der Waals surface area contributed by atoms with Crippen LogP contribution in [0.15, 0.2) is 54.6 Å². The molecule has 26 heavy (non-hydrogen) atoms. The number of benzene rings is 2. The number of likely N-dealkylation sites (tertiary alicyclic amines) is 1. The summed E-state index contributed by atoms with van der Waals surface area (Å²) in [5.41, 5.74) is 2.00. The second kappa shape index (κ2) is 7.45. The highest BCUT2D eigenvalue weighted by Crippen LogP contribution is 2.35. The zero-order valence-electron chi connectivity index (χ0n) is 15.1. The minimum Gasteiger partial charge on any atom is -0.335 e. The Hall–Kier alpha value is -2.42. The average Bonchev–Trinajstić information content (AvgIpc) is 2.73. The molecule has 1 heterocycles. The Bertz CT molecular complexity index is 780. The van der Waals surface area contributed by atoms with Gasteiger partial charge in [0, 0.05) is 29.3 Å². The molecule has 0 radical (unpaired) electrons. The maximum atomic E-state index is 13.0. The Labute approximate surface area is 155 Å². The number of amides is 1. The SMILES string of the molecule is O=C(c1ccccc1)c1ccc(C(=O)N2CCC[C@@H]3CCCC[C@@H]32)cc1. The second-order valence-electron chi connectivity index (χ2n) is 7.53. The average molecular weight is 347 g/mol. The summed E-state index contributed by atoms with van der Waals surface area (Å²) in [7, 11) is 0. The van der Waals surface area contributed by atoms with Gasteiger partial charge in [-0.3, -0.25) is 9.59 Å². The van der Waals surface area contributed by atoms with Crippen molar-refractivity contribution in [3.05, 3.63) is 71.3 Å². The Morgan fingerprint density at radius 1 is 0.731 bits per heavy atom. The van der Waals surface area contributed by atoms with Crippen LogP contribution in [0.4, 0.5) is 0 Å². The van der Waals surface area contributed by atoms with Crippen LogP contribution >= 0.6 is 0 Å². The number of ketones is 1. The maximum absolute atomic E-state index is 13.0. The number of carbonyl (C=O) groups excluding carboxylic acids is 2. The summed E-state index contributed by atoms with van der Waals surface area (Å²) in [6, 6.07) is 16.9. The first kappa shape index (κ1) is 17.0. The molecule has 0 aromatic heterocycles. The van der Waals surface area contributed by atoms with E-state index >= 15 is 0 Å². The van der Waals surface area contributed by atoms with Crippen molar-refractivity contribution in [1.29, 1.82) is 0 Å². The lowest BCUT2D eigenvalue weighted by Gasteiger charge is -2.44. The third-order valence-corrected chi connectivity index (χ3v) is 5.93. The Morgan fingerprint density at radius 3 is 2.12 bits per heavy atom. The third kappa shape index (κ3) is 3.31. The molecule has 0 bridgehead atoms. The Balaban J connectivity index is 1.51. The van der Waals surface area contributed by atoms with E-state index in [4.69, 9.17) is 0 Å². The van der Waals surface area contributed by atoms with E-state index in [-0.39, 0.29) is 11.7 Å². The van der Waals surface area contributed by atoms with E-state index in [1.165, 1.54) is 25.7 Å². The van der Waals surface area contributed by atoms with Crippen molar-refractivity contribution in [3.63, 3.8) is 0 Å². The highest BCUT2D eigenvalue weighted by molar-refractivity contribution is 6.09. The van der Waals surface area contributed by atoms with Crippen molar-refractivity contribution in [1.82, 2.24) is 4.90 Å². The van der Waals surface area contributed by atoms with Crippen LogP contribution < -0.4 is 0 Å². The molecule has 2 fully saturated rings. The van der Waals surface area contributed by atoms with Gasteiger partial charge >= 0.3 is 0 Å². The summed E-state index contributed by atoms with van der Waals surface area (Å²) in [6.45, 7) is 0.866. The van der Waals surface area contributed by atoms with Crippen LogP contribution in [0.5, 0.6) is 0 Å². The van der Waals surface area contributed by atoms with Crippen molar-refractivity contribution in [2.75, 3.05) is 6.54 Å². The molecule has 2 aromatic rings. The van der Waals surface area contributed by atoms with Gasteiger partial charge in [0.15, 0.2) is 5.78 Å². The van der Waals surface area contributed by atoms with Crippen molar-refractivity contribution in [2.24, 2.45) is 5.92 Å². The van der Waals surface area contributed by atoms with Gasteiger partial charge in [-0.1, -0.05) is 55.3 Å². The number of piperidine rings is 1. The quantitative estimate of drug-likeness (QED) is 0.754. The summed E-state index contributed by atoms with van der Waals surface area (Å²) in [4.78, 5) is 27.7. The van der Waals surface area contributed by atoms with Crippen LogP contribution in [-0.4, -0.2) is 29.2 Å². The zero-order chi connectivity index (χ0) is 17.9. The molecule has 2 atom stereocenters. The number of nitrogens with zero attached hydrogens (tertiary/aromatic N) is 1. The molecule has 2 aromatic carbocycles. The Kier molecular flexibility index (Phi) is 4.87. The molecule has 1 aliphatic carbocycles. The fourth-order valence-corrected chi connectivity index (χ4v) is 4.56. The van der Waals surface area contributed by atoms with Gasteiger partial charge in [0.2, 0.25) is 0 Å². The summed E-state index contributed by atoms with van der Waals surface area (Å²) in [6.07, 6.45) is 7.31. The molecule has 134 valence electrons. The molecule has 1 amide bonds. The molecule has 0 unspecified atom stereocenters.